The summed E-state index contributed by atoms with van der Waals surface area (Å²) in [6, 6.07) is 83.5. The monoisotopic (exact) mass is 929 g/mol. The van der Waals surface area contributed by atoms with Crippen molar-refractivity contribution in [2.75, 3.05) is 0 Å². The number of allylic oxidation sites excluding steroid dienone is 3. The molecule has 0 aromatic heterocycles. The van der Waals surface area contributed by atoms with Crippen molar-refractivity contribution in [3.05, 3.63) is 316 Å². The lowest BCUT2D eigenvalue weighted by Gasteiger charge is -2.49. The Hall–Kier alpha value is -8.06. The first-order valence-corrected chi connectivity index (χ1v) is 25.9. The molecule has 0 amide bonds. The fourth-order valence-electron chi connectivity index (χ4n) is 12.2. The molecule has 3 aliphatic rings. The Balaban J connectivity index is 0.000000226. The lowest BCUT2D eigenvalue weighted by molar-refractivity contribution is 0.632. The van der Waals surface area contributed by atoms with Gasteiger partial charge in [-0.05, 0) is 157 Å². The quantitative estimate of drug-likeness (QED) is 0.154. The van der Waals surface area contributed by atoms with Crippen molar-refractivity contribution >= 4 is 16.3 Å². The number of hydrogen-bond donors (Lipinski definition) is 0. The van der Waals surface area contributed by atoms with Gasteiger partial charge in [0.1, 0.15) is 0 Å². The van der Waals surface area contributed by atoms with Crippen LogP contribution in [0, 0.1) is 20.8 Å². The molecular weight excluding hydrogens is 865 g/mol. The molecule has 0 atom stereocenters. The maximum atomic E-state index is 3.96. The Kier molecular flexibility index (Phi) is 13.2. The van der Waals surface area contributed by atoms with Crippen LogP contribution >= 0.6 is 0 Å². The van der Waals surface area contributed by atoms with Gasteiger partial charge >= 0.3 is 0 Å². The summed E-state index contributed by atoms with van der Waals surface area (Å²) in [5.41, 5.74) is 25.6. The number of hydrogen-bond acceptors (Lipinski definition) is 0. The standard InChI is InChI=1S/C50H34.C12H14.C8H10.C2H6/c1-31-27-28-33-15-3-4-16-34(33)48(31)39-30-47-46(29-32(39)2)49(40-21-9-5-17-35(40)36-18-6-10-22-41(36)49)44-25-13-14-26-45(44)50(47)42-23-11-7-19-37(42)38-20-8-12-24-43(38)50;1-4-5-11(3)12-8-6-10(2)7-9-12;1-2-8-6-4-3-5-7-8;1-2/h3-30H,1-2H3;4-9H,3H2,1-2H3;3-7H,2H2,1H3;1-2H3/b;5-4-;;. The lowest BCUT2D eigenvalue weighted by Crippen LogP contribution is -2.44. The fraction of sp³-hybridized carbons (Fsp3) is 0.139. The largest absolute Gasteiger partial charge is 0.0912 e. The fourth-order valence-corrected chi connectivity index (χ4v) is 12.2. The minimum atomic E-state index is -0.488. The third kappa shape index (κ3) is 7.60. The lowest BCUT2D eigenvalue weighted by atomic mass is 9.52. The highest BCUT2D eigenvalue weighted by molar-refractivity contribution is 6.01. The van der Waals surface area contributed by atoms with Gasteiger partial charge in [-0.3, -0.25) is 0 Å². The molecule has 10 aromatic carbocycles. The van der Waals surface area contributed by atoms with Crippen LogP contribution in [0.4, 0.5) is 0 Å². The van der Waals surface area contributed by atoms with Crippen molar-refractivity contribution in [1.29, 1.82) is 0 Å². The Labute approximate surface area is 428 Å². The van der Waals surface area contributed by atoms with Gasteiger partial charge in [-0.15, -0.1) is 0 Å². The number of rotatable bonds is 4. The van der Waals surface area contributed by atoms with Crippen LogP contribution in [0.2, 0.25) is 0 Å². The summed E-state index contributed by atoms with van der Waals surface area (Å²) in [4.78, 5) is 0. The summed E-state index contributed by atoms with van der Waals surface area (Å²) in [7, 11) is 0. The average molecular weight is 929 g/mol. The van der Waals surface area contributed by atoms with Crippen molar-refractivity contribution in [3.8, 4) is 33.4 Å². The second kappa shape index (κ2) is 20.0. The second-order valence-corrected chi connectivity index (χ2v) is 19.1. The van der Waals surface area contributed by atoms with Crippen molar-refractivity contribution in [2.45, 2.75) is 65.7 Å². The van der Waals surface area contributed by atoms with E-state index in [0.29, 0.717) is 0 Å². The minimum absolute atomic E-state index is 0.464. The van der Waals surface area contributed by atoms with Crippen LogP contribution in [0.25, 0.3) is 49.7 Å². The Morgan fingerprint density at radius 2 is 0.847 bits per heavy atom. The van der Waals surface area contributed by atoms with Crippen molar-refractivity contribution in [1.82, 2.24) is 0 Å². The first-order valence-electron chi connectivity index (χ1n) is 25.9. The molecule has 2 spiro atoms. The highest BCUT2D eigenvalue weighted by atomic mass is 14.6. The Morgan fingerprint density at radius 3 is 1.32 bits per heavy atom. The van der Waals surface area contributed by atoms with Crippen LogP contribution in [-0.2, 0) is 17.3 Å². The van der Waals surface area contributed by atoms with E-state index in [0.717, 1.165) is 12.0 Å². The molecule has 0 heteroatoms. The van der Waals surface area contributed by atoms with E-state index >= 15 is 0 Å². The first kappa shape index (κ1) is 47.6. The third-order valence-corrected chi connectivity index (χ3v) is 15.3. The maximum Gasteiger partial charge on any atom is 0.0720 e. The van der Waals surface area contributed by atoms with E-state index < -0.39 is 10.8 Å². The van der Waals surface area contributed by atoms with Gasteiger partial charge in [-0.25, -0.2) is 0 Å². The molecule has 0 saturated heterocycles. The van der Waals surface area contributed by atoms with Crippen LogP contribution in [0.3, 0.4) is 0 Å². The summed E-state index contributed by atoms with van der Waals surface area (Å²) in [5.74, 6) is 0. The van der Waals surface area contributed by atoms with Crippen LogP contribution in [0.1, 0.15) is 100 Å². The topological polar surface area (TPSA) is 0 Å². The molecule has 0 fully saturated rings. The molecule has 0 nitrogen and oxygen atoms in total. The van der Waals surface area contributed by atoms with Crippen LogP contribution in [0.5, 0.6) is 0 Å². The minimum Gasteiger partial charge on any atom is -0.0912 e. The summed E-state index contributed by atoms with van der Waals surface area (Å²) in [6.07, 6.45) is 5.16. The van der Waals surface area contributed by atoms with E-state index in [1.165, 1.54) is 116 Å². The highest BCUT2D eigenvalue weighted by Crippen LogP contribution is 2.68. The summed E-state index contributed by atoms with van der Waals surface area (Å²) in [6.45, 7) is 18.8. The normalized spacial score (nSPS) is 13.2. The van der Waals surface area contributed by atoms with Crippen LogP contribution in [-0.4, -0.2) is 0 Å². The Morgan fingerprint density at radius 1 is 0.417 bits per heavy atom. The first-order chi connectivity index (χ1) is 35.3. The van der Waals surface area contributed by atoms with Crippen molar-refractivity contribution < 1.29 is 0 Å². The van der Waals surface area contributed by atoms with Gasteiger partial charge in [-0.2, -0.15) is 0 Å². The molecule has 0 saturated carbocycles. The molecule has 0 unspecified atom stereocenters. The average Bonchev–Trinajstić information content (AvgIpc) is 3.90. The summed E-state index contributed by atoms with van der Waals surface area (Å²) in [5, 5.41) is 2.58. The second-order valence-electron chi connectivity index (χ2n) is 19.1. The molecule has 0 N–H and O–H groups in total. The van der Waals surface area contributed by atoms with E-state index in [-0.39, 0.29) is 0 Å². The molecule has 10 aromatic rings. The highest BCUT2D eigenvalue weighted by Gasteiger charge is 2.59. The zero-order chi connectivity index (χ0) is 50.0. The summed E-state index contributed by atoms with van der Waals surface area (Å²) < 4.78 is 0. The van der Waals surface area contributed by atoms with Gasteiger partial charge in [-0.1, -0.05) is 263 Å². The molecule has 72 heavy (non-hydrogen) atoms. The van der Waals surface area contributed by atoms with Crippen LogP contribution < -0.4 is 0 Å². The van der Waals surface area contributed by atoms with Crippen molar-refractivity contribution in [2.24, 2.45) is 0 Å². The predicted molar refractivity (Wildman–Crippen MR) is 309 cm³/mol. The van der Waals surface area contributed by atoms with E-state index in [4.69, 9.17) is 0 Å². The van der Waals surface area contributed by atoms with Gasteiger partial charge in [0.2, 0.25) is 0 Å². The van der Waals surface area contributed by atoms with Crippen LogP contribution in [0.15, 0.2) is 243 Å². The van der Waals surface area contributed by atoms with E-state index in [2.05, 4.69) is 253 Å². The molecule has 0 heterocycles. The van der Waals surface area contributed by atoms with Gasteiger partial charge in [0.15, 0.2) is 0 Å². The zero-order valence-corrected chi connectivity index (χ0v) is 42.9. The van der Waals surface area contributed by atoms with E-state index in [9.17, 15) is 0 Å². The maximum absolute atomic E-state index is 3.96. The van der Waals surface area contributed by atoms with Gasteiger partial charge in [0.05, 0.1) is 10.8 Å². The number of aryl methyl sites for hydroxylation is 4. The Bertz CT molecular complexity index is 3540. The zero-order valence-electron chi connectivity index (χ0n) is 42.9. The third-order valence-electron chi connectivity index (χ3n) is 15.3. The molecular formula is C72H64. The molecule has 0 radical (unpaired) electrons. The molecule has 352 valence electrons. The molecule has 0 bridgehead atoms. The van der Waals surface area contributed by atoms with Gasteiger partial charge < -0.3 is 0 Å². The number of fused-ring (bicyclic) bond motifs is 17. The van der Waals surface area contributed by atoms with Gasteiger partial charge in [0, 0.05) is 0 Å². The number of benzene rings is 10. The molecule has 13 rings (SSSR count). The van der Waals surface area contributed by atoms with Gasteiger partial charge in [0.25, 0.3) is 0 Å². The smallest absolute Gasteiger partial charge is 0.0720 e. The van der Waals surface area contributed by atoms with Crippen molar-refractivity contribution in [3.63, 3.8) is 0 Å². The van der Waals surface area contributed by atoms with E-state index in [1.807, 2.05) is 39.0 Å². The molecule has 0 aliphatic heterocycles. The summed E-state index contributed by atoms with van der Waals surface area (Å²) >= 11 is 0. The SMILES string of the molecule is C=C(/C=C\C)c1ccc(C)cc1.CC.CCc1ccccc1.Cc1cc2c(cc1-c1c(C)ccc3ccccc13)C1(c3ccccc3-c3ccccc31)c1ccccc1C21c2ccccc2-c2ccccc21. The predicted octanol–water partition coefficient (Wildman–Crippen LogP) is 19.0. The van der Waals surface area contributed by atoms with E-state index in [1.54, 1.807) is 0 Å². The molecule has 3 aliphatic carbocycles.